The topological polar surface area (TPSA) is 49.3 Å². The van der Waals surface area contributed by atoms with Crippen molar-refractivity contribution >= 4 is 33.3 Å². The molecular formula is C28H36N4OS. The summed E-state index contributed by atoms with van der Waals surface area (Å²) < 4.78 is 0. The zero-order chi connectivity index (χ0) is 23.3. The average molecular weight is 477 g/mol. The number of benzene rings is 1. The van der Waals surface area contributed by atoms with Gasteiger partial charge >= 0.3 is 0 Å². The van der Waals surface area contributed by atoms with Crippen LogP contribution >= 0.6 is 11.3 Å². The lowest BCUT2D eigenvalue weighted by molar-refractivity contribution is -0.131. The molecule has 0 radical (unpaired) electrons. The molecule has 5 nitrogen and oxygen atoms in total. The van der Waals surface area contributed by atoms with Crippen LogP contribution in [0.15, 0.2) is 30.3 Å². The second-order valence-corrected chi connectivity index (χ2v) is 10.7. The van der Waals surface area contributed by atoms with Crippen molar-refractivity contribution in [3.8, 4) is 0 Å². The van der Waals surface area contributed by atoms with Crippen molar-refractivity contribution in [2.75, 3.05) is 31.1 Å². The largest absolute Gasteiger partial charge is 0.352 e. The minimum atomic E-state index is 0.317. The summed E-state index contributed by atoms with van der Waals surface area (Å²) in [6.07, 6.45) is 10.7. The van der Waals surface area contributed by atoms with Crippen molar-refractivity contribution in [1.82, 2.24) is 14.9 Å². The molecular weight excluding hydrogens is 440 g/mol. The van der Waals surface area contributed by atoms with Gasteiger partial charge in [-0.15, -0.1) is 11.3 Å². The summed E-state index contributed by atoms with van der Waals surface area (Å²) >= 11 is 1.89. The molecule has 6 heteroatoms. The van der Waals surface area contributed by atoms with E-state index in [0.717, 1.165) is 81.2 Å². The Balaban J connectivity index is 1.38. The van der Waals surface area contributed by atoms with Gasteiger partial charge in [-0.05, 0) is 49.7 Å². The maximum Gasteiger partial charge on any atom is 0.222 e. The minimum Gasteiger partial charge on any atom is -0.352 e. The van der Waals surface area contributed by atoms with Gasteiger partial charge < -0.3 is 9.80 Å². The lowest BCUT2D eigenvalue weighted by atomic mass is 9.96. The van der Waals surface area contributed by atoms with Crippen molar-refractivity contribution < 1.29 is 4.79 Å². The van der Waals surface area contributed by atoms with Crippen LogP contribution < -0.4 is 4.90 Å². The van der Waals surface area contributed by atoms with E-state index in [4.69, 9.17) is 9.97 Å². The number of fused-ring (bicyclic) bond motifs is 3. The third-order valence-electron chi connectivity index (χ3n) is 7.25. The molecule has 0 saturated carbocycles. The molecule has 180 valence electrons. The Morgan fingerprint density at radius 1 is 0.971 bits per heavy atom. The van der Waals surface area contributed by atoms with Crippen LogP contribution in [0.25, 0.3) is 10.2 Å². The van der Waals surface area contributed by atoms with Gasteiger partial charge in [0.05, 0.1) is 5.39 Å². The molecule has 3 heterocycles. The van der Waals surface area contributed by atoms with Crippen molar-refractivity contribution in [2.45, 2.75) is 71.1 Å². The predicted molar refractivity (Wildman–Crippen MR) is 141 cm³/mol. The lowest BCUT2D eigenvalue weighted by Crippen LogP contribution is -2.49. The quantitative estimate of drug-likeness (QED) is 0.398. The number of aromatic nitrogens is 2. The summed E-state index contributed by atoms with van der Waals surface area (Å²) in [5, 5.41) is 1.30. The molecule has 1 aliphatic heterocycles. The van der Waals surface area contributed by atoms with E-state index in [1.807, 2.05) is 11.3 Å². The van der Waals surface area contributed by atoms with Gasteiger partial charge in [-0.3, -0.25) is 4.79 Å². The highest BCUT2D eigenvalue weighted by Crippen LogP contribution is 2.40. The van der Waals surface area contributed by atoms with Crippen molar-refractivity contribution in [3.63, 3.8) is 0 Å². The highest BCUT2D eigenvalue weighted by molar-refractivity contribution is 7.19. The lowest BCUT2D eigenvalue weighted by Gasteiger charge is -2.36. The van der Waals surface area contributed by atoms with E-state index >= 15 is 0 Å². The van der Waals surface area contributed by atoms with E-state index < -0.39 is 0 Å². The first kappa shape index (κ1) is 23.3. The number of amides is 1. The molecule has 3 aromatic rings. The van der Waals surface area contributed by atoms with Crippen molar-refractivity contribution in [3.05, 3.63) is 52.2 Å². The van der Waals surface area contributed by atoms with Crippen LogP contribution in [0.3, 0.4) is 0 Å². The van der Waals surface area contributed by atoms with E-state index in [2.05, 4.69) is 47.1 Å². The second kappa shape index (κ2) is 10.9. The van der Waals surface area contributed by atoms with Crippen LogP contribution in [0.4, 0.5) is 5.82 Å². The number of hydrogen-bond donors (Lipinski definition) is 0. The number of rotatable bonds is 8. The molecule has 0 atom stereocenters. The molecule has 2 aromatic heterocycles. The van der Waals surface area contributed by atoms with Gasteiger partial charge in [0.15, 0.2) is 0 Å². The van der Waals surface area contributed by atoms with E-state index in [0.29, 0.717) is 12.3 Å². The van der Waals surface area contributed by atoms with E-state index in [1.54, 1.807) is 0 Å². The molecule has 0 unspecified atom stereocenters. The molecule has 1 amide bonds. The summed E-state index contributed by atoms with van der Waals surface area (Å²) in [4.78, 5) is 30.0. The maximum absolute atomic E-state index is 12.6. The van der Waals surface area contributed by atoms with Gasteiger partial charge in [-0.25, -0.2) is 9.97 Å². The summed E-state index contributed by atoms with van der Waals surface area (Å²) in [6, 6.07) is 10.6. The standard InChI is InChI=1S/C28H36N4OS/c1-2-3-5-14-25(33)31-17-19-32(20-18-31)27-26-22-12-8-9-13-23(22)34-28(26)30-24(29-27)16-15-21-10-6-4-7-11-21/h4,6-7,10-11H,2-3,5,8-9,12-20H2,1H3. The molecule has 2 aliphatic rings. The van der Waals surface area contributed by atoms with Crippen LogP contribution in [0.5, 0.6) is 0 Å². The number of carbonyl (C=O) groups excluding carboxylic acids is 1. The minimum absolute atomic E-state index is 0.317. The van der Waals surface area contributed by atoms with Crippen LogP contribution in [0, 0.1) is 0 Å². The fraction of sp³-hybridized carbons (Fsp3) is 0.536. The molecule has 1 saturated heterocycles. The number of unbranched alkanes of at least 4 members (excludes halogenated alkanes) is 2. The Kier molecular flexibility index (Phi) is 7.43. The SMILES string of the molecule is CCCCCC(=O)N1CCN(c2nc(CCc3ccccc3)nc3sc4c(c23)CCCC4)CC1. The number of carbonyl (C=O) groups is 1. The van der Waals surface area contributed by atoms with E-state index in [-0.39, 0.29) is 0 Å². The summed E-state index contributed by atoms with van der Waals surface area (Å²) in [5.41, 5.74) is 2.82. The zero-order valence-corrected chi connectivity index (χ0v) is 21.2. The van der Waals surface area contributed by atoms with Gasteiger partial charge in [0.1, 0.15) is 16.5 Å². The summed E-state index contributed by atoms with van der Waals surface area (Å²) in [7, 11) is 0. The second-order valence-electron chi connectivity index (χ2n) is 9.67. The number of hydrogen-bond acceptors (Lipinski definition) is 5. The average Bonchev–Trinajstić information content (AvgIpc) is 3.26. The molecule has 1 aromatic carbocycles. The summed E-state index contributed by atoms with van der Waals surface area (Å²) in [5.74, 6) is 2.38. The molecule has 0 spiro atoms. The van der Waals surface area contributed by atoms with Gasteiger partial charge in [0, 0.05) is 43.9 Å². The molecule has 0 bridgehead atoms. The molecule has 0 N–H and O–H groups in total. The number of anilines is 1. The van der Waals surface area contributed by atoms with Crippen LogP contribution in [-0.2, 0) is 30.5 Å². The Morgan fingerprint density at radius 2 is 1.76 bits per heavy atom. The van der Waals surface area contributed by atoms with Crippen LogP contribution in [0.1, 0.15) is 67.3 Å². The van der Waals surface area contributed by atoms with Crippen molar-refractivity contribution in [1.29, 1.82) is 0 Å². The fourth-order valence-corrected chi connectivity index (χ4v) is 6.55. The Hall–Kier alpha value is -2.47. The maximum atomic E-state index is 12.6. The molecule has 5 rings (SSSR count). The number of thiophene rings is 1. The van der Waals surface area contributed by atoms with Gasteiger partial charge in [0.2, 0.25) is 5.91 Å². The zero-order valence-electron chi connectivity index (χ0n) is 20.4. The highest BCUT2D eigenvalue weighted by Gasteiger charge is 2.27. The van der Waals surface area contributed by atoms with Gasteiger partial charge in [-0.1, -0.05) is 50.1 Å². The molecule has 1 fully saturated rings. The van der Waals surface area contributed by atoms with Gasteiger partial charge in [-0.2, -0.15) is 0 Å². The van der Waals surface area contributed by atoms with Crippen molar-refractivity contribution in [2.24, 2.45) is 0 Å². The van der Waals surface area contributed by atoms with Crippen LogP contribution in [0.2, 0.25) is 0 Å². The first-order valence-corrected chi connectivity index (χ1v) is 13.9. The fourth-order valence-electron chi connectivity index (χ4n) is 5.27. The van der Waals surface area contributed by atoms with E-state index in [1.165, 1.54) is 40.7 Å². The van der Waals surface area contributed by atoms with E-state index in [9.17, 15) is 4.79 Å². The normalized spacial score (nSPS) is 16.1. The Bertz CT molecular complexity index is 1120. The number of aryl methyl sites for hydroxylation is 4. The Morgan fingerprint density at radius 3 is 2.56 bits per heavy atom. The monoisotopic (exact) mass is 476 g/mol. The third-order valence-corrected chi connectivity index (χ3v) is 8.43. The number of piperazine rings is 1. The first-order valence-electron chi connectivity index (χ1n) is 13.1. The highest BCUT2D eigenvalue weighted by atomic mass is 32.1. The van der Waals surface area contributed by atoms with Crippen LogP contribution in [-0.4, -0.2) is 47.0 Å². The third kappa shape index (κ3) is 5.12. The smallest absolute Gasteiger partial charge is 0.222 e. The predicted octanol–water partition coefficient (Wildman–Crippen LogP) is 5.58. The Labute approximate surface area is 207 Å². The molecule has 1 aliphatic carbocycles. The number of nitrogens with zero attached hydrogens (tertiary/aromatic N) is 4. The first-order chi connectivity index (χ1) is 16.7. The summed E-state index contributed by atoms with van der Waals surface area (Å²) in [6.45, 7) is 5.48. The molecule has 34 heavy (non-hydrogen) atoms. The van der Waals surface area contributed by atoms with Gasteiger partial charge in [0.25, 0.3) is 0 Å².